The van der Waals surface area contributed by atoms with Crippen LogP contribution in [0.15, 0.2) is 71.9 Å². The predicted molar refractivity (Wildman–Crippen MR) is 166 cm³/mol. The number of fused-ring (bicyclic) bond motifs is 1. The van der Waals surface area contributed by atoms with Crippen molar-refractivity contribution in [2.75, 3.05) is 19.6 Å². The SMILES string of the molecule is CC(C)Oc1cc(C#N)ccc1C1=N[C@@H](c2c[nH]c3cc(Cl)ccc23)[C@@H](c2ccc(Cl)cc2)N1C(=O)N1CCNC(=O)C1. The summed E-state index contributed by atoms with van der Waals surface area (Å²) in [6, 6.07) is 18.7. The zero-order valence-corrected chi connectivity index (χ0v) is 25.0. The van der Waals surface area contributed by atoms with Gasteiger partial charge in [-0.05, 0) is 61.9 Å². The van der Waals surface area contributed by atoms with Crippen LogP contribution in [-0.4, -0.2) is 58.3 Å². The number of halogens is 2. The van der Waals surface area contributed by atoms with E-state index in [1.165, 1.54) is 4.90 Å². The van der Waals surface area contributed by atoms with Gasteiger partial charge in [-0.3, -0.25) is 14.7 Å². The van der Waals surface area contributed by atoms with Gasteiger partial charge in [0.25, 0.3) is 0 Å². The summed E-state index contributed by atoms with van der Waals surface area (Å²) in [5.74, 6) is 0.583. The Labute approximate surface area is 258 Å². The lowest BCUT2D eigenvalue weighted by molar-refractivity contribution is -0.123. The number of aliphatic imine (C=N–C) groups is 1. The topological polar surface area (TPSA) is 114 Å². The van der Waals surface area contributed by atoms with Crippen LogP contribution in [0.25, 0.3) is 10.9 Å². The minimum absolute atomic E-state index is 0.0745. The Bertz CT molecular complexity index is 1790. The van der Waals surface area contributed by atoms with Crippen LogP contribution in [0, 0.1) is 11.3 Å². The molecule has 3 aromatic carbocycles. The number of amidine groups is 1. The standard InChI is InChI=1S/C32H28Cl2N6O3/c1-18(2)43-27-13-19(15-35)3-9-24(27)31-38-29(25-16-37-26-14-22(34)8-10-23(25)26)30(20-4-6-21(33)7-5-20)40(31)32(42)39-12-11-36-28(41)17-39/h3-10,13-14,16,18,29-30,37H,11-12,17H2,1-2H3,(H,36,41)/t29-,30+/m0/s1. The first kappa shape index (κ1) is 28.6. The van der Waals surface area contributed by atoms with E-state index in [1.807, 2.05) is 50.4 Å². The fraction of sp³-hybridized carbons (Fsp3) is 0.250. The number of H-pyrrole nitrogens is 1. The fourth-order valence-electron chi connectivity index (χ4n) is 5.63. The van der Waals surface area contributed by atoms with Gasteiger partial charge in [-0.15, -0.1) is 0 Å². The molecule has 2 aliphatic heterocycles. The predicted octanol–water partition coefficient (Wildman–Crippen LogP) is 6.23. The molecule has 4 aromatic rings. The molecule has 0 saturated carbocycles. The number of hydrogen-bond acceptors (Lipinski definition) is 5. The highest BCUT2D eigenvalue weighted by molar-refractivity contribution is 6.31. The Morgan fingerprint density at radius 3 is 2.58 bits per heavy atom. The molecule has 6 rings (SSSR count). The third-order valence-electron chi connectivity index (χ3n) is 7.50. The van der Waals surface area contributed by atoms with Crippen molar-refractivity contribution in [2.24, 2.45) is 4.99 Å². The molecule has 0 unspecified atom stereocenters. The average molecular weight is 616 g/mol. The molecule has 0 aliphatic carbocycles. The lowest BCUT2D eigenvalue weighted by Crippen LogP contribution is -2.55. The molecule has 0 bridgehead atoms. The molecule has 2 aliphatic rings. The fourth-order valence-corrected chi connectivity index (χ4v) is 5.92. The van der Waals surface area contributed by atoms with Gasteiger partial charge in [0.2, 0.25) is 5.91 Å². The zero-order valence-electron chi connectivity index (χ0n) is 23.5. The number of hydrogen-bond donors (Lipinski definition) is 2. The van der Waals surface area contributed by atoms with Crippen molar-refractivity contribution in [2.45, 2.75) is 32.0 Å². The van der Waals surface area contributed by atoms with Gasteiger partial charge in [0, 0.05) is 45.8 Å². The van der Waals surface area contributed by atoms with Gasteiger partial charge in [0.05, 0.1) is 29.3 Å². The number of benzene rings is 3. The van der Waals surface area contributed by atoms with E-state index < -0.39 is 12.1 Å². The molecule has 0 radical (unpaired) electrons. The van der Waals surface area contributed by atoms with Crippen molar-refractivity contribution in [3.63, 3.8) is 0 Å². The first-order valence-corrected chi connectivity index (χ1v) is 14.6. The number of nitriles is 1. The first-order valence-electron chi connectivity index (χ1n) is 13.9. The van der Waals surface area contributed by atoms with Gasteiger partial charge in [0.1, 0.15) is 24.2 Å². The third-order valence-corrected chi connectivity index (χ3v) is 7.99. The lowest BCUT2D eigenvalue weighted by Gasteiger charge is -2.35. The second-order valence-electron chi connectivity index (χ2n) is 10.7. The summed E-state index contributed by atoms with van der Waals surface area (Å²) in [4.78, 5) is 38.6. The quantitative estimate of drug-likeness (QED) is 0.277. The molecule has 1 saturated heterocycles. The smallest absolute Gasteiger partial charge is 0.326 e. The molecular formula is C32H28Cl2N6O3. The number of urea groups is 1. The van der Waals surface area contributed by atoms with Crippen molar-refractivity contribution < 1.29 is 14.3 Å². The molecule has 2 N–H and O–H groups in total. The van der Waals surface area contributed by atoms with E-state index in [9.17, 15) is 14.9 Å². The van der Waals surface area contributed by atoms with Crippen LogP contribution >= 0.6 is 23.2 Å². The maximum absolute atomic E-state index is 14.5. The summed E-state index contributed by atoms with van der Waals surface area (Å²) < 4.78 is 6.17. The van der Waals surface area contributed by atoms with E-state index in [1.54, 1.807) is 35.2 Å². The van der Waals surface area contributed by atoms with E-state index in [2.05, 4.69) is 16.4 Å². The largest absolute Gasteiger partial charge is 0.490 e. The van der Waals surface area contributed by atoms with Crippen LogP contribution in [0.2, 0.25) is 10.0 Å². The van der Waals surface area contributed by atoms with Crippen molar-refractivity contribution >= 4 is 51.9 Å². The van der Waals surface area contributed by atoms with Gasteiger partial charge in [0.15, 0.2) is 0 Å². The number of rotatable bonds is 5. The molecule has 0 spiro atoms. The molecule has 11 heteroatoms. The number of amides is 3. The van der Waals surface area contributed by atoms with Crippen molar-refractivity contribution in [1.29, 1.82) is 5.26 Å². The maximum Gasteiger partial charge on any atom is 0.326 e. The normalized spacial score (nSPS) is 18.5. The molecule has 9 nitrogen and oxygen atoms in total. The van der Waals surface area contributed by atoms with E-state index in [4.69, 9.17) is 32.9 Å². The summed E-state index contributed by atoms with van der Waals surface area (Å²) in [6.07, 6.45) is 1.69. The number of carbonyl (C=O) groups excluding carboxylic acids is 2. The molecule has 1 aromatic heterocycles. The van der Waals surface area contributed by atoms with Crippen molar-refractivity contribution in [3.05, 3.63) is 99.2 Å². The molecule has 2 atom stereocenters. The van der Waals surface area contributed by atoms with Gasteiger partial charge >= 0.3 is 6.03 Å². The van der Waals surface area contributed by atoms with Gasteiger partial charge in [-0.25, -0.2) is 4.79 Å². The number of aromatic amines is 1. The summed E-state index contributed by atoms with van der Waals surface area (Å²) in [6.45, 7) is 4.41. The highest BCUT2D eigenvalue weighted by atomic mass is 35.5. The second-order valence-corrected chi connectivity index (χ2v) is 11.6. The van der Waals surface area contributed by atoms with Crippen molar-refractivity contribution in [3.8, 4) is 11.8 Å². The molecule has 218 valence electrons. The second kappa shape index (κ2) is 11.6. The van der Waals surface area contributed by atoms with E-state index in [0.29, 0.717) is 45.8 Å². The molecule has 3 heterocycles. The number of nitrogens with one attached hydrogen (secondary N) is 2. The van der Waals surface area contributed by atoms with Gasteiger partial charge < -0.3 is 19.9 Å². The molecular weight excluding hydrogens is 587 g/mol. The minimum atomic E-state index is -0.595. The Morgan fingerprint density at radius 2 is 1.86 bits per heavy atom. The molecule has 3 amide bonds. The van der Waals surface area contributed by atoms with E-state index in [-0.39, 0.29) is 24.6 Å². The minimum Gasteiger partial charge on any atom is -0.490 e. The van der Waals surface area contributed by atoms with E-state index >= 15 is 0 Å². The Kier molecular flexibility index (Phi) is 7.74. The average Bonchev–Trinajstić information content (AvgIpc) is 3.58. The van der Waals surface area contributed by atoms with Gasteiger partial charge in [-0.1, -0.05) is 41.4 Å². The van der Waals surface area contributed by atoms with Crippen LogP contribution < -0.4 is 10.1 Å². The van der Waals surface area contributed by atoms with Crippen LogP contribution in [0.5, 0.6) is 5.75 Å². The Balaban J connectivity index is 1.58. The van der Waals surface area contributed by atoms with E-state index in [0.717, 1.165) is 22.0 Å². The highest BCUT2D eigenvalue weighted by Gasteiger charge is 2.45. The summed E-state index contributed by atoms with van der Waals surface area (Å²) in [5.41, 5.74) is 3.51. The summed E-state index contributed by atoms with van der Waals surface area (Å²) in [5, 5.41) is 14.5. The highest BCUT2D eigenvalue weighted by Crippen LogP contribution is 2.47. The van der Waals surface area contributed by atoms with Crippen molar-refractivity contribution in [1.82, 2.24) is 20.1 Å². The van der Waals surface area contributed by atoms with Crippen LogP contribution in [0.4, 0.5) is 4.79 Å². The summed E-state index contributed by atoms with van der Waals surface area (Å²) in [7, 11) is 0. The first-order chi connectivity index (χ1) is 20.7. The van der Waals surface area contributed by atoms with Crippen LogP contribution in [0.3, 0.4) is 0 Å². The monoisotopic (exact) mass is 614 g/mol. The lowest BCUT2D eigenvalue weighted by atomic mass is 9.93. The van der Waals surface area contributed by atoms with Gasteiger partial charge in [-0.2, -0.15) is 5.26 Å². The number of carbonyl (C=O) groups is 2. The molecule has 43 heavy (non-hydrogen) atoms. The zero-order chi connectivity index (χ0) is 30.2. The Morgan fingerprint density at radius 1 is 1.09 bits per heavy atom. The summed E-state index contributed by atoms with van der Waals surface area (Å²) >= 11 is 12.6. The number of ether oxygens (including phenoxy) is 1. The Hall–Kier alpha value is -4.52. The molecule has 1 fully saturated rings. The third kappa shape index (κ3) is 5.52. The maximum atomic E-state index is 14.5. The van der Waals surface area contributed by atoms with Crippen LogP contribution in [0.1, 0.15) is 48.2 Å². The van der Waals surface area contributed by atoms with Crippen LogP contribution in [-0.2, 0) is 4.79 Å². The number of nitrogens with zero attached hydrogens (tertiary/aromatic N) is 4. The number of piperazine rings is 1. The number of aromatic nitrogens is 1.